The van der Waals surface area contributed by atoms with Crippen molar-refractivity contribution in [2.45, 2.75) is 6.42 Å². The predicted molar refractivity (Wildman–Crippen MR) is 71.4 cm³/mol. The third-order valence-corrected chi connectivity index (χ3v) is 2.68. The first-order valence-electron chi connectivity index (χ1n) is 5.92. The van der Waals surface area contributed by atoms with Crippen LogP contribution in [0.4, 0.5) is 0 Å². The van der Waals surface area contributed by atoms with Gasteiger partial charge in [0.2, 0.25) is 0 Å². The Balaban J connectivity index is 2.84. The Hall–Kier alpha value is -1.55. The molecule has 18 heavy (non-hydrogen) atoms. The van der Waals surface area contributed by atoms with Crippen LogP contribution in [0.2, 0.25) is 0 Å². The molecule has 0 saturated carbocycles. The normalized spacial score (nSPS) is 11.2. The molecule has 0 aromatic heterocycles. The molecular weight excluding hydrogens is 230 g/mol. The molecule has 4 heteroatoms. The zero-order chi connectivity index (χ0) is 13.8. The average Bonchev–Trinajstić information content (AvgIpc) is 2.34. The lowest BCUT2D eigenvalue weighted by molar-refractivity contribution is -0.869. The van der Waals surface area contributed by atoms with Crippen molar-refractivity contribution in [3.05, 3.63) is 23.8 Å². The molecule has 0 fully saturated rings. The molecule has 100 valence electrons. The molecule has 0 aliphatic rings. The van der Waals surface area contributed by atoms with Crippen LogP contribution in [0.5, 0.6) is 11.5 Å². The number of quaternary nitrogens is 1. The number of rotatable bonds is 6. The number of hydrogen-bond donors (Lipinski definition) is 0. The second-order valence-corrected chi connectivity index (χ2v) is 5.29. The molecule has 0 aliphatic heterocycles. The first kappa shape index (κ1) is 14.5. The molecule has 0 aliphatic carbocycles. The summed E-state index contributed by atoms with van der Waals surface area (Å²) in [6.45, 7) is 0.804. The SMILES string of the molecule is COc1cc(OC)cc(C(=O)CC[N+](C)(C)C)c1. The van der Waals surface area contributed by atoms with E-state index < -0.39 is 0 Å². The summed E-state index contributed by atoms with van der Waals surface area (Å²) in [5, 5.41) is 0. The molecule has 0 saturated heterocycles. The van der Waals surface area contributed by atoms with E-state index in [1.807, 2.05) is 0 Å². The van der Waals surface area contributed by atoms with Crippen LogP contribution in [0.1, 0.15) is 16.8 Å². The zero-order valence-corrected chi connectivity index (χ0v) is 11.8. The van der Waals surface area contributed by atoms with E-state index in [0.717, 1.165) is 11.0 Å². The minimum atomic E-state index is 0.111. The topological polar surface area (TPSA) is 35.5 Å². The number of hydrogen-bond acceptors (Lipinski definition) is 3. The third kappa shape index (κ3) is 4.37. The number of Topliss-reactive ketones (excluding diaryl/α,β-unsaturated/α-hetero) is 1. The second kappa shape index (κ2) is 5.87. The van der Waals surface area contributed by atoms with Crippen molar-refractivity contribution in [3.8, 4) is 11.5 Å². The summed E-state index contributed by atoms with van der Waals surface area (Å²) in [6.07, 6.45) is 0.514. The number of benzene rings is 1. The minimum absolute atomic E-state index is 0.111. The number of carbonyl (C=O) groups excluding carboxylic acids is 1. The molecule has 0 heterocycles. The summed E-state index contributed by atoms with van der Waals surface area (Å²) in [5.41, 5.74) is 0.639. The standard InChI is InChI=1S/C14H22NO3/c1-15(2,3)7-6-14(16)11-8-12(17-4)10-13(9-11)18-5/h8-10H,6-7H2,1-5H3/q+1. The largest absolute Gasteiger partial charge is 0.497 e. The van der Waals surface area contributed by atoms with Crippen LogP contribution in [0, 0.1) is 0 Å². The fraction of sp³-hybridized carbons (Fsp3) is 0.500. The highest BCUT2D eigenvalue weighted by atomic mass is 16.5. The van der Waals surface area contributed by atoms with Crippen LogP contribution in [0.3, 0.4) is 0 Å². The smallest absolute Gasteiger partial charge is 0.168 e. The van der Waals surface area contributed by atoms with Crippen LogP contribution < -0.4 is 9.47 Å². The highest BCUT2D eigenvalue weighted by Crippen LogP contribution is 2.23. The fourth-order valence-corrected chi connectivity index (χ4v) is 1.55. The van der Waals surface area contributed by atoms with E-state index in [1.165, 1.54) is 0 Å². The van der Waals surface area contributed by atoms with Gasteiger partial charge in [0, 0.05) is 11.6 Å². The molecule has 0 unspecified atom stereocenters. The number of ketones is 1. The Bertz CT molecular complexity index is 399. The van der Waals surface area contributed by atoms with Crippen LogP contribution in [-0.2, 0) is 0 Å². The molecule has 0 bridgehead atoms. The number of methoxy groups -OCH3 is 2. The molecular formula is C14H22NO3+. The molecule has 0 N–H and O–H groups in total. The first-order valence-corrected chi connectivity index (χ1v) is 5.92. The lowest BCUT2D eigenvalue weighted by Gasteiger charge is -2.23. The molecule has 0 radical (unpaired) electrons. The molecule has 1 aromatic rings. The van der Waals surface area contributed by atoms with Gasteiger partial charge in [0.15, 0.2) is 5.78 Å². The Morgan fingerprint density at radius 3 is 1.94 bits per heavy atom. The Kier molecular flexibility index (Phi) is 4.73. The van der Waals surface area contributed by atoms with Gasteiger partial charge in [-0.2, -0.15) is 0 Å². The van der Waals surface area contributed by atoms with Crippen molar-refractivity contribution in [2.75, 3.05) is 41.9 Å². The maximum atomic E-state index is 12.1. The van der Waals surface area contributed by atoms with Crippen molar-refractivity contribution in [3.63, 3.8) is 0 Å². The summed E-state index contributed by atoms with van der Waals surface area (Å²) >= 11 is 0. The highest BCUT2D eigenvalue weighted by Gasteiger charge is 2.14. The maximum Gasteiger partial charge on any atom is 0.168 e. The van der Waals surface area contributed by atoms with Gasteiger partial charge in [-0.3, -0.25) is 4.79 Å². The summed E-state index contributed by atoms with van der Waals surface area (Å²) in [7, 11) is 9.36. The predicted octanol–water partition coefficient (Wildman–Crippen LogP) is 1.98. The summed E-state index contributed by atoms with van der Waals surface area (Å²) in [4.78, 5) is 12.1. The van der Waals surface area contributed by atoms with Crippen LogP contribution in [-0.4, -0.2) is 52.2 Å². The van der Waals surface area contributed by atoms with E-state index in [1.54, 1.807) is 32.4 Å². The minimum Gasteiger partial charge on any atom is -0.497 e. The number of ether oxygens (including phenoxy) is 2. The van der Waals surface area contributed by atoms with Gasteiger partial charge in [0.25, 0.3) is 0 Å². The maximum absolute atomic E-state index is 12.1. The van der Waals surface area contributed by atoms with E-state index in [9.17, 15) is 4.79 Å². The van der Waals surface area contributed by atoms with E-state index in [-0.39, 0.29) is 5.78 Å². The van der Waals surface area contributed by atoms with Gasteiger partial charge >= 0.3 is 0 Å². The highest BCUT2D eigenvalue weighted by molar-refractivity contribution is 5.96. The molecule has 0 spiro atoms. The van der Waals surface area contributed by atoms with Crippen LogP contribution >= 0.6 is 0 Å². The first-order chi connectivity index (χ1) is 8.35. The van der Waals surface area contributed by atoms with Gasteiger partial charge in [-0.15, -0.1) is 0 Å². The van der Waals surface area contributed by atoms with E-state index in [2.05, 4.69) is 21.1 Å². The van der Waals surface area contributed by atoms with Crippen molar-refractivity contribution >= 4 is 5.78 Å². The van der Waals surface area contributed by atoms with Gasteiger partial charge in [-0.05, 0) is 12.1 Å². The Labute approximate surface area is 109 Å². The van der Waals surface area contributed by atoms with Crippen molar-refractivity contribution < 1.29 is 18.8 Å². The lowest BCUT2D eigenvalue weighted by Crippen LogP contribution is -2.36. The molecule has 1 aromatic carbocycles. The molecule has 0 atom stereocenters. The monoisotopic (exact) mass is 252 g/mol. The number of carbonyl (C=O) groups is 1. The van der Waals surface area contributed by atoms with Crippen molar-refractivity contribution in [1.82, 2.24) is 0 Å². The molecule has 0 amide bonds. The van der Waals surface area contributed by atoms with Gasteiger partial charge in [-0.1, -0.05) is 0 Å². The molecule has 4 nitrogen and oxygen atoms in total. The van der Waals surface area contributed by atoms with E-state index >= 15 is 0 Å². The van der Waals surface area contributed by atoms with Crippen molar-refractivity contribution in [1.29, 1.82) is 0 Å². The Morgan fingerprint density at radius 1 is 1.06 bits per heavy atom. The van der Waals surface area contributed by atoms with E-state index in [4.69, 9.17) is 9.47 Å². The summed E-state index contributed by atoms with van der Waals surface area (Å²) in [5.74, 6) is 1.39. The quantitative estimate of drug-likeness (QED) is 0.573. The molecule has 1 rings (SSSR count). The van der Waals surface area contributed by atoms with Crippen molar-refractivity contribution in [2.24, 2.45) is 0 Å². The van der Waals surface area contributed by atoms with Crippen LogP contribution in [0.25, 0.3) is 0 Å². The summed E-state index contributed by atoms with van der Waals surface area (Å²) < 4.78 is 11.1. The average molecular weight is 252 g/mol. The van der Waals surface area contributed by atoms with Gasteiger partial charge in [-0.25, -0.2) is 0 Å². The lowest BCUT2D eigenvalue weighted by atomic mass is 10.1. The van der Waals surface area contributed by atoms with Gasteiger partial charge in [0.1, 0.15) is 11.5 Å². The third-order valence-electron chi connectivity index (χ3n) is 2.68. The number of nitrogens with zero attached hydrogens (tertiary/aromatic N) is 1. The fourth-order valence-electron chi connectivity index (χ4n) is 1.55. The van der Waals surface area contributed by atoms with Crippen LogP contribution in [0.15, 0.2) is 18.2 Å². The summed E-state index contributed by atoms with van der Waals surface area (Å²) in [6, 6.07) is 5.26. The Morgan fingerprint density at radius 2 is 1.56 bits per heavy atom. The zero-order valence-electron chi connectivity index (χ0n) is 11.8. The van der Waals surface area contributed by atoms with Gasteiger partial charge in [0.05, 0.1) is 48.3 Å². The van der Waals surface area contributed by atoms with E-state index in [0.29, 0.717) is 23.5 Å². The van der Waals surface area contributed by atoms with Gasteiger partial charge < -0.3 is 14.0 Å². The second-order valence-electron chi connectivity index (χ2n) is 5.29.